The summed E-state index contributed by atoms with van der Waals surface area (Å²) in [7, 11) is 3.37. The summed E-state index contributed by atoms with van der Waals surface area (Å²) in [5.41, 5.74) is 6.54. The first kappa shape index (κ1) is 19.7. The van der Waals surface area contributed by atoms with Crippen LogP contribution in [0, 0.1) is 0 Å². The molecule has 0 N–H and O–H groups in total. The van der Waals surface area contributed by atoms with Crippen molar-refractivity contribution in [1.29, 1.82) is 0 Å². The molecule has 3 aromatic carbocycles. The van der Waals surface area contributed by atoms with Crippen molar-refractivity contribution in [2.24, 2.45) is 0 Å². The molecule has 0 atom stereocenters. The van der Waals surface area contributed by atoms with E-state index in [0.29, 0.717) is 5.75 Å². The van der Waals surface area contributed by atoms with E-state index < -0.39 is 0 Å². The lowest BCUT2D eigenvalue weighted by molar-refractivity contribution is 0.404. The number of imidazole rings is 1. The van der Waals surface area contributed by atoms with Gasteiger partial charge in [-0.05, 0) is 47.5 Å². The van der Waals surface area contributed by atoms with Crippen LogP contribution in [0.5, 0.6) is 11.5 Å². The molecule has 168 valence electrons. The molecule has 35 heavy (non-hydrogen) atoms. The molecule has 0 aliphatic carbocycles. The molecule has 0 unspecified atom stereocenters. The highest BCUT2D eigenvalue weighted by atomic mass is 16.5. The second-order valence-corrected chi connectivity index (χ2v) is 8.43. The van der Waals surface area contributed by atoms with Crippen LogP contribution in [0.2, 0.25) is 0 Å². The second-order valence-electron chi connectivity index (χ2n) is 8.43. The van der Waals surface area contributed by atoms with Crippen LogP contribution >= 0.6 is 0 Å². The highest BCUT2D eigenvalue weighted by Gasteiger charge is 2.22. The summed E-state index contributed by atoms with van der Waals surface area (Å²) >= 11 is 0. The van der Waals surface area contributed by atoms with Crippen molar-refractivity contribution in [3.8, 4) is 22.6 Å². The van der Waals surface area contributed by atoms with E-state index >= 15 is 0 Å². The zero-order valence-electron chi connectivity index (χ0n) is 19.2. The molecule has 0 aliphatic rings. The van der Waals surface area contributed by atoms with Crippen LogP contribution in [0.15, 0.2) is 85.3 Å². The summed E-state index contributed by atoms with van der Waals surface area (Å²) in [4.78, 5) is 14.6. The molecule has 0 amide bonds. The van der Waals surface area contributed by atoms with Crippen LogP contribution in [0.1, 0.15) is 0 Å². The molecule has 6 nitrogen and oxygen atoms in total. The molecule has 4 heterocycles. The van der Waals surface area contributed by atoms with E-state index in [2.05, 4.69) is 44.7 Å². The average molecular weight is 457 g/mol. The number of nitrogens with zero attached hydrogens (tertiary/aromatic N) is 4. The van der Waals surface area contributed by atoms with Gasteiger partial charge in [-0.3, -0.25) is 14.4 Å². The molecule has 0 saturated heterocycles. The summed E-state index contributed by atoms with van der Waals surface area (Å²) in [6.07, 6.45) is 5.60. The lowest BCUT2D eigenvalue weighted by Gasteiger charge is -2.15. The number of hydrogen-bond donors (Lipinski definition) is 0. The van der Waals surface area contributed by atoms with Gasteiger partial charge >= 0.3 is 0 Å². The number of rotatable bonds is 3. The molecule has 0 radical (unpaired) electrons. The van der Waals surface area contributed by atoms with Crippen LogP contribution in [-0.2, 0) is 0 Å². The maximum atomic E-state index is 5.93. The van der Waals surface area contributed by atoms with Gasteiger partial charge in [-0.1, -0.05) is 30.3 Å². The largest absolute Gasteiger partial charge is 0.496 e. The summed E-state index contributed by atoms with van der Waals surface area (Å²) in [5.74, 6) is 1.45. The summed E-state index contributed by atoms with van der Waals surface area (Å²) < 4.78 is 13.8. The highest BCUT2D eigenvalue weighted by Crippen LogP contribution is 2.44. The van der Waals surface area contributed by atoms with Gasteiger partial charge in [-0.2, -0.15) is 0 Å². The molecule has 6 heteroatoms. The summed E-state index contributed by atoms with van der Waals surface area (Å²) in [6.45, 7) is 0. The number of aromatic nitrogens is 4. The molecule has 0 aliphatic heterocycles. The van der Waals surface area contributed by atoms with E-state index in [9.17, 15) is 0 Å². The van der Waals surface area contributed by atoms with Crippen molar-refractivity contribution in [2.75, 3.05) is 14.2 Å². The van der Waals surface area contributed by atoms with E-state index in [0.717, 1.165) is 66.1 Å². The lowest BCUT2D eigenvalue weighted by Crippen LogP contribution is -1.97. The molecule has 0 fully saturated rings. The second kappa shape index (κ2) is 7.40. The van der Waals surface area contributed by atoms with Crippen LogP contribution < -0.4 is 9.47 Å². The van der Waals surface area contributed by atoms with Gasteiger partial charge < -0.3 is 9.47 Å². The number of hydrogen-bond acceptors (Lipinski definition) is 5. The Morgan fingerprint density at radius 1 is 0.657 bits per heavy atom. The fraction of sp³-hybridized carbons (Fsp3) is 0.0690. The van der Waals surface area contributed by atoms with E-state index in [-0.39, 0.29) is 0 Å². The quantitative estimate of drug-likeness (QED) is 0.287. The molecule has 4 aromatic heterocycles. The third-order valence-electron chi connectivity index (χ3n) is 6.67. The Kier molecular flexibility index (Phi) is 4.17. The van der Waals surface area contributed by atoms with Crippen molar-refractivity contribution in [2.45, 2.75) is 0 Å². The van der Waals surface area contributed by atoms with E-state index in [4.69, 9.17) is 14.5 Å². The summed E-state index contributed by atoms with van der Waals surface area (Å²) in [6, 6.07) is 22.4. The molecule has 7 rings (SSSR count). The SMILES string of the molecule is COc1ccc(-c2ccccc2)c2c1c(OC)cn1c2nc2c3cccnc3c3ncccc3c21. The predicted molar refractivity (Wildman–Crippen MR) is 139 cm³/mol. The number of ether oxygens (including phenoxy) is 2. The molecule has 7 aromatic rings. The average Bonchev–Trinajstić information content (AvgIpc) is 3.32. The van der Waals surface area contributed by atoms with Gasteiger partial charge in [0.1, 0.15) is 17.1 Å². The topological polar surface area (TPSA) is 61.5 Å². The first-order chi connectivity index (χ1) is 17.3. The first-order valence-corrected chi connectivity index (χ1v) is 11.4. The van der Waals surface area contributed by atoms with Crippen molar-refractivity contribution < 1.29 is 9.47 Å². The minimum absolute atomic E-state index is 0.713. The van der Waals surface area contributed by atoms with E-state index in [1.165, 1.54) is 0 Å². The molecular weight excluding hydrogens is 436 g/mol. The third kappa shape index (κ3) is 2.68. The first-order valence-electron chi connectivity index (χ1n) is 11.4. The highest BCUT2D eigenvalue weighted by molar-refractivity contribution is 6.23. The van der Waals surface area contributed by atoms with Crippen LogP contribution in [-0.4, -0.2) is 33.6 Å². The zero-order valence-corrected chi connectivity index (χ0v) is 19.2. The maximum absolute atomic E-state index is 5.93. The van der Waals surface area contributed by atoms with Gasteiger partial charge in [0.2, 0.25) is 0 Å². The van der Waals surface area contributed by atoms with Crippen molar-refractivity contribution >= 4 is 49.3 Å². The van der Waals surface area contributed by atoms with Crippen LogP contribution in [0.4, 0.5) is 0 Å². The minimum Gasteiger partial charge on any atom is -0.496 e. The van der Waals surface area contributed by atoms with Gasteiger partial charge in [0.05, 0.1) is 47.9 Å². The Hall–Kier alpha value is -4.71. The summed E-state index contributed by atoms with van der Waals surface area (Å²) in [5, 5.41) is 3.82. The van der Waals surface area contributed by atoms with E-state index in [1.54, 1.807) is 26.6 Å². The van der Waals surface area contributed by atoms with Crippen LogP contribution in [0.25, 0.3) is 60.4 Å². The van der Waals surface area contributed by atoms with Gasteiger partial charge in [0.25, 0.3) is 0 Å². The monoisotopic (exact) mass is 456 g/mol. The number of methoxy groups -OCH3 is 2. The van der Waals surface area contributed by atoms with Gasteiger partial charge in [-0.25, -0.2) is 4.98 Å². The Labute approximate surface area is 200 Å². The van der Waals surface area contributed by atoms with Gasteiger partial charge in [0, 0.05) is 28.6 Å². The lowest BCUT2D eigenvalue weighted by atomic mass is 9.98. The fourth-order valence-corrected chi connectivity index (χ4v) is 5.18. The predicted octanol–water partition coefficient (Wildman–Crippen LogP) is 6.42. The number of benzene rings is 3. The molecular formula is C29H20N4O2. The van der Waals surface area contributed by atoms with Gasteiger partial charge in [-0.15, -0.1) is 0 Å². The molecule has 0 saturated carbocycles. The Balaban J connectivity index is 1.80. The Bertz CT molecular complexity index is 1930. The van der Waals surface area contributed by atoms with Crippen LogP contribution in [0.3, 0.4) is 0 Å². The number of pyridine rings is 3. The standard InChI is InChI=1S/C29H20N4O2/c1-34-21-13-12-18(17-8-4-3-5-9-17)23-24(21)22(35-2)16-33-28-20-11-7-15-31-26(20)25-19(10-6-14-30-25)27(28)32-29(23)33/h3-16H,1-2H3. The minimum atomic E-state index is 0.713. The molecule has 0 spiro atoms. The third-order valence-corrected chi connectivity index (χ3v) is 6.67. The fourth-order valence-electron chi connectivity index (χ4n) is 5.18. The van der Waals surface area contributed by atoms with Gasteiger partial charge in [0.15, 0.2) is 0 Å². The molecule has 0 bridgehead atoms. The maximum Gasteiger partial charge on any atom is 0.147 e. The van der Waals surface area contributed by atoms with Crippen molar-refractivity contribution in [1.82, 2.24) is 19.4 Å². The van der Waals surface area contributed by atoms with Crippen molar-refractivity contribution in [3.63, 3.8) is 0 Å². The van der Waals surface area contributed by atoms with Crippen molar-refractivity contribution in [3.05, 3.63) is 85.3 Å². The normalized spacial score (nSPS) is 11.7. The Morgan fingerprint density at radius 2 is 1.37 bits per heavy atom. The smallest absolute Gasteiger partial charge is 0.147 e. The Morgan fingerprint density at radius 3 is 2.11 bits per heavy atom. The van der Waals surface area contributed by atoms with E-state index in [1.807, 2.05) is 42.6 Å². The number of fused-ring (bicyclic) bond motifs is 10. The zero-order chi connectivity index (χ0) is 23.5.